The molecule has 1 aliphatic heterocycles. The van der Waals surface area contributed by atoms with Gasteiger partial charge in [0.1, 0.15) is 0 Å². The number of hydrogen-bond acceptors (Lipinski definition) is 4. The molecule has 6 nitrogen and oxygen atoms in total. The van der Waals surface area contributed by atoms with Crippen LogP contribution in [0.1, 0.15) is 39.1 Å². The zero-order valence-electron chi connectivity index (χ0n) is 16.7. The zero-order valence-corrected chi connectivity index (χ0v) is 16.7. The van der Waals surface area contributed by atoms with Crippen molar-refractivity contribution in [2.75, 3.05) is 34.3 Å². The van der Waals surface area contributed by atoms with E-state index in [2.05, 4.69) is 4.98 Å². The summed E-state index contributed by atoms with van der Waals surface area (Å²) < 4.78 is 5.04. The Morgan fingerprint density at radius 2 is 1.71 bits per heavy atom. The fourth-order valence-corrected chi connectivity index (χ4v) is 3.53. The molecule has 148 valence electrons. The minimum atomic E-state index is 0.0198. The second-order valence-electron chi connectivity index (χ2n) is 7.43. The highest BCUT2D eigenvalue weighted by Gasteiger charge is 2.24. The first kappa shape index (κ1) is 19.9. The smallest absolute Gasteiger partial charge is 0.255 e. The van der Waals surface area contributed by atoms with Crippen molar-refractivity contribution in [1.29, 1.82) is 0 Å². The van der Waals surface area contributed by atoms with Gasteiger partial charge in [-0.1, -0.05) is 12.1 Å². The molecular formula is C22H27N3O3. The van der Waals surface area contributed by atoms with E-state index in [1.165, 1.54) is 5.56 Å². The Bertz CT molecular complexity index is 808. The van der Waals surface area contributed by atoms with Crippen LogP contribution in [0.5, 0.6) is 5.88 Å². The van der Waals surface area contributed by atoms with E-state index in [1.807, 2.05) is 29.2 Å². The van der Waals surface area contributed by atoms with Gasteiger partial charge in [-0.3, -0.25) is 9.59 Å². The number of benzene rings is 1. The molecule has 0 saturated carbocycles. The lowest BCUT2D eigenvalue weighted by Crippen LogP contribution is -2.38. The van der Waals surface area contributed by atoms with E-state index in [1.54, 1.807) is 44.4 Å². The second-order valence-corrected chi connectivity index (χ2v) is 7.43. The summed E-state index contributed by atoms with van der Waals surface area (Å²) in [6.45, 7) is 1.51. The van der Waals surface area contributed by atoms with Gasteiger partial charge in [0.15, 0.2) is 0 Å². The third-order valence-corrected chi connectivity index (χ3v) is 5.23. The van der Waals surface area contributed by atoms with Crippen molar-refractivity contribution in [2.45, 2.75) is 19.3 Å². The van der Waals surface area contributed by atoms with Gasteiger partial charge in [0.05, 0.1) is 12.7 Å². The fourth-order valence-electron chi connectivity index (χ4n) is 3.53. The minimum Gasteiger partial charge on any atom is -0.481 e. The van der Waals surface area contributed by atoms with Crippen molar-refractivity contribution in [3.63, 3.8) is 0 Å². The predicted molar refractivity (Wildman–Crippen MR) is 108 cm³/mol. The SMILES string of the molecule is COc1ccc(C(=O)N2CCC(Cc3ccc(C(=O)N(C)C)cc3)CC2)cn1. The summed E-state index contributed by atoms with van der Waals surface area (Å²) in [6.07, 6.45) is 4.51. The molecule has 1 fully saturated rings. The van der Waals surface area contributed by atoms with Crippen molar-refractivity contribution in [2.24, 2.45) is 5.92 Å². The zero-order chi connectivity index (χ0) is 20.1. The molecule has 2 heterocycles. The quantitative estimate of drug-likeness (QED) is 0.799. The molecule has 0 N–H and O–H groups in total. The molecule has 1 aliphatic rings. The molecule has 1 saturated heterocycles. The van der Waals surface area contributed by atoms with Crippen LogP contribution in [0.25, 0.3) is 0 Å². The molecule has 6 heteroatoms. The summed E-state index contributed by atoms with van der Waals surface area (Å²) in [5.41, 5.74) is 2.54. The molecule has 0 spiro atoms. The van der Waals surface area contributed by atoms with Gasteiger partial charge in [0, 0.05) is 45.0 Å². The number of piperidine rings is 1. The van der Waals surface area contributed by atoms with Crippen LogP contribution in [0.3, 0.4) is 0 Å². The first-order valence-electron chi connectivity index (χ1n) is 9.58. The molecular weight excluding hydrogens is 354 g/mol. The van der Waals surface area contributed by atoms with E-state index in [9.17, 15) is 9.59 Å². The largest absolute Gasteiger partial charge is 0.481 e. The van der Waals surface area contributed by atoms with Gasteiger partial charge in [-0.05, 0) is 48.9 Å². The third kappa shape index (κ3) is 4.68. The summed E-state index contributed by atoms with van der Waals surface area (Å²) in [5, 5.41) is 0. The maximum atomic E-state index is 12.6. The molecule has 0 atom stereocenters. The number of hydrogen-bond donors (Lipinski definition) is 0. The van der Waals surface area contributed by atoms with Gasteiger partial charge in [-0.2, -0.15) is 0 Å². The number of aromatic nitrogens is 1. The average molecular weight is 381 g/mol. The Morgan fingerprint density at radius 3 is 2.25 bits per heavy atom. The Labute approximate surface area is 166 Å². The van der Waals surface area contributed by atoms with E-state index < -0.39 is 0 Å². The number of pyridine rings is 1. The van der Waals surface area contributed by atoms with E-state index in [0.29, 0.717) is 22.9 Å². The standard InChI is InChI=1S/C22H27N3O3/c1-24(2)21(26)18-6-4-16(5-7-18)14-17-10-12-25(13-11-17)22(27)19-8-9-20(28-3)23-15-19/h4-9,15,17H,10-14H2,1-3H3. The number of carbonyl (C=O) groups is 2. The van der Waals surface area contributed by atoms with Crippen molar-refractivity contribution in [1.82, 2.24) is 14.8 Å². The van der Waals surface area contributed by atoms with Crippen molar-refractivity contribution >= 4 is 11.8 Å². The van der Waals surface area contributed by atoms with E-state index in [4.69, 9.17) is 4.74 Å². The number of methoxy groups -OCH3 is 1. The number of ether oxygens (including phenoxy) is 1. The number of amides is 2. The topological polar surface area (TPSA) is 62.7 Å². The van der Waals surface area contributed by atoms with Crippen molar-refractivity contribution in [3.05, 3.63) is 59.3 Å². The normalized spacial score (nSPS) is 14.6. The van der Waals surface area contributed by atoms with Gasteiger partial charge in [-0.15, -0.1) is 0 Å². The Kier molecular flexibility index (Phi) is 6.29. The Morgan fingerprint density at radius 1 is 1.07 bits per heavy atom. The lowest BCUT2D eigenvalue weighted by atomic mass is 9.89. The van der Waals surface area contributed by atoms with Gasteiger partial charge < -0.3 is 14.5 Å². The molecule has 2 amide bonds. The highest BCUT2D eigenvalue weighted by molar-refractivity contribution is 5.94. The second kappa shape index (κ2) is 8.87. The van der Waals surface area contributed by atoms with Crippen LogP contribution < -0.4 is 4.74 Å². The summed E-state index contributed by atoms with van der Waals surface area (Å²) in [6, 6.07) is 11.3. The van der Waals surface area contributed by atoms with Crippen LogP contribution in [0.4, 0.5) is 0 Å². The molecule has 1 aromatic heterocycles. The summed E-state index contributed by atoms with van der Waals surface area (Å²) in [4.78, 5) is 32.2. The van der Waals surface area contributed by atoms with Gasteiger partial charge in [-0.25, -0.2) is 4.98 Å². The lowest BCUT2D eigenvalue weighted by molar-refractivity contribution is 0.0690. The fraction of sp³-hybridized carbons (Fsp3) is 0.409. The molecule has 3 rings (SSSR count). The third-order valence-electron chi connectivity index (χ3n) is 5.23. The van der Waals surface area contributed by atoms with Crippen LogP contribution in [0, 0.1) is 5.92 Å². The van der Waals surface area contributed by atoms with Gasteiger partial charge in [0.2, 0.25) is 5.88 Å². The van der Waals surface area contributed by atoms with E-state index >= 15 is 0 Å². The molecule has 0 bridgehead atoms. The lowest BCUT2D eigenvalue weighted by Gasteiger charge is -2.32. The number of carbonyl (C=O) groups excluding carboxylic acids is 2. The van der Waals surface area contributed by atoms with Crippen LogP contribution in [0.2, 0.25) is 0 Å². The predicted octanol–water partition coefficient (Wildman–Crippen LogP) is 2.89. The molecule has 0 aliphatic carbocycles. The minimum absolute atomic E-state index is 0.0198. The maximum Gasteiger partial charge on any atom is 0.255 e. The monoisotopic (exact) mass is 381 g/mol. The number of likely N-dealkylation sites (tertiary alicyclic amines) is 1. The first-order chi connectivity index (χ1) is 13.5. The summed E-state index contributed by atoms with van der Waals surface area (Å²) >= 11 is 0. The Balaban J connectivity index is 1.52. The van der Waals surface area contributed by atoms with Gasteiger partial charge in [0.25, 0.3) is 11.8 Å². The molecule has 0 radical (unpaired) electrons. The van der Waals surface area contributed by atoms with Crippen LogP contribution in [-0.4, -0.2) is 60.9 Å². The van der Waals surface area contributed by atoms with Crippen molar-refractivity contribution in [3.8, 4) is 5.88 Å². The van der Waals surface area contributed by atoms with Crippen molar-refractivity contribution < 1.29 is 14.3 Å². The molecule has 0 unspecified atom stereocenters. The summed E-state index contributed by atoms with van der Waals surface area (Å²) in [5.74, 6) is 1.11. The molecule has 28 heavy (non-hydrogen) atoms. The summed E-state index contributed by atoms with van der Waals surface area (Å²) in [7, 11) is 5.07. The number of nitrogens with zero attached hydrogens (tertiary/aromatic N) is 3. The van der Waals surface area contributed by atoms with Crippen LogP contribution in [-0.2, 0) is 6.42 Å². The first-order valence-corrected chi connectivity index (χ1v) is 9.58. The van der Waals surface area contributed by atoms with Crippen LogP contribution >= 0.6 is 0 Å². The number of rotatable bonds is 5. The highest BCUT2D eigenvalue weighted by atomic mass is 16.5. The highest BCUT2D eigenvalue weighted by Crippen LogP contribution is 2.23. The van der Waals surface area contributed by atoms with Gasteiger partial charge >= 0.3 is 0 Å². The van der Waals surface area contributed by atoms with E-state index in [-0.39, 0.29) is 11.8 Å². The average Bonchev–Trinajstić information content (AvgIpc) is 2.74. The van der Waals surface area contributed by atoms with E-state index in [0.717, 1.165) is 32.4 Å². The molecule has 2 aromatic rings. The maximum absolute atomic E-state index is 12.6. The Hall–Kier alpha value is -2.89. The van der Waals surface area contributed by atoms with Crippen LogP contribution in [0.15, 0.2) is 42.6 Å². The molecule has 1 aromatic carbocycles.